The summed E-state index contributed by atoms with van der Waals surface area (Å²) in [6, 6.07) is 17.5. The van der Waals surface area contributed by atoms with Crippen molar-refractivity contribution >= 4 is 22.4 Å². The quantitative estimate of drug-likeness (QED) is 0.266. The van der Waals surface area contributed by atoms with E-state index in [0.717, 1.165) is 54.3 Å². The van der Waals surface area contributed by atoms with Crippen LogP contribution in [0.4, 0.5) is 18.9 Å². The maximum atomic E-state index is 12.9. The van der Waals surface area contributed by atoms with E-state index in [1.165, 1.54) is 11.6 Å². The Labute approximate surface area is 218 Å². The number of aromatic nitrogens is 2. The Morgan fingerprint density at radius 3 is 2.55 bits per heavy atom. The van der Waals surface area contributed by atoms with E-state index < -0.39 is 11.7 Å². The Balaban J connectivity index is 1.26. The van der Waals surface area contributed by atoms with Crippen molar-refractivity contribution in [2.24, 2.45) is 5.92 Å². The number of alkyl halides is 3. The topological polar surface area (TPSA) is 64.1 Å². The Kier molecular flexibility index (Phi) is 7.40. The molecule has 1 saturated carbocycles. The first-order chi connectivity index (χ1) is 18.3. The maximum absolute atomic E-state index is 12.9. The van der Waals surface area contributed by atoms with Gasteiger partial charge in [0, 0.05) is 29.8 Å². The molecule has 2 heterocycles. The van der Waals surface area contributed by atoms with Crippen molar-refractivity contribution in [2.75, 3.05) is 5.32 Å². The summed E-state index contributed by atoms with van der Waals surface area (Å²) in [5.41, 5.74) is 2.23. The Hall–Kier alpha value is -4.20. The fourth-order valence-corrected chi connectivity index (χ4v) is 4.66. The summed E-state index contributed by atoms with van der Waals surface area (Å²) in [6.45, 7) is 0. The molecule has 0 spiro atoms. The molecule has 2 aromatic heterocycles. The second kappa shape index (κ2) is 11.0. The largest absolute Gasteiger partial charge is 0.438 e. The summed E-state index contributed by atoms with van der Waals surface area (Å²) in [5, 5.41) is 4.77. The first-order valence-electron chi connectivity index (χ1n) is 12.5. The van der Waals surface area contributed by atoms with Gasteiger partial charge in [-0.3, -0.25) is 9.78 Å². The number of pyridine rings is 2. The molecule has 5 rings (SSSR count). The summed E-state index contributed by atoms with van der Waals surface area (Å²) < 4.78 is 44.6. The van der Waals surface area contributed by atoms with Gasteiger partial charge in [0.25, 0.3) is 0 Å². The average molecular weight is 518 g/mol. The maximum Gasteiger partial charge on any atom is 0.417 e. The third-order valence-electron chi connectivity index (χ3n) is 6.72. The predicted molar refractivity (Wildman–Crippen MR) is 140 cm³/mol. The van der Waals surface area contributed by atoms with Gasteiger partial charge >= 0.3 is 6.18 Å². The summed E-state index contributed by atoms with van der Waals surface area (Å²) in [5.74, 6) is 0.649. The minimum absolute atomic E-state index is 0.0238. The van der Waals surface area contributed by atoms with Crippen molar-refractivity contribution in [3.05, 3.63) is 102 Å². The molecular weight excluding hydrogens is 491 g/mol. The van der Waals surface area contributed by atoms with E-state index in [4.69, 9.17) is 4.74 Å². The molecule has 0 radical (unpaired) electrons. The fourth-order valence-electron chi connectivity index (χ4n) is 4.66. The van der Waals surface area contributed by atoms with Gasteiger partial charge in [-0.2, -0.15) is 13.2 Å². The molecule has 0 unspecified atom stereocenters. The van der Waals surface area contributed by atoms with Crippen molar-refractivity contribution in [3.63, 3.8) is 0 Å². The van der Waals surface area contributed by atoms with Gasteiger partial charge in [0.2, 0.25) is 11.8 Å². The molecule has 0 atom stereocenters. The number of carbonyl (C=O) groups excluding carboxylic acids is 1. The average Bonchev–Trinajstić information content (AvgIpc) is 2.92. The number of anilines is 1. The summed E-state index contributed by atoms with van der Waals surface area (Å²) in [4.78, 5) is 20.5. The van der Waals surface area contributed by atoms with Crippen LogP contribution in [-0.4, -0.2) is 15.9 Å². The second-order valence-corrected chi connectivity index (χ2v) is 9.37. The number of fused-ring (bicyclic) bond motifs is 1. The first kappa shape index (κ1) is 25.4. The minimum Gasteiger partial charge on any atom is -0.438 e. The highest BCUT2D eigenvalue weighted by atomic mass is 19.4. The first-order valence-corrected chi connectivity index (χ1v) is 12.5. The number of nitrogens with one attached hydrogen (secondary N) is 1. The molecule has 5 nitrogen and oxygen atoms in total. The van der Waals surface area contributed by atoms with Crippen LogP contribution in [0.2, 0.25) is 0 Å². The predicted octanol–water partition coefficient (Wildman–Crippen LogP) is 7.74. The van der Waals surface area contributed by atoms with Crippen LogP contribution in [0.5, 0.6) is 11.6 Å². The van der Waals surface area contributed by atoms with Crippen molar-refractivity contribution < 1.29 is 22.7 Å². The Bertz CT molecular complexity index is 1440. The van der Waals surface area contributed by atoms with Crippen LogP contribution in [-0.2, 0) is 17.4 Å². The smallest absolute Gasteiger partial charge is 0.417 e. The summed E-state index contributed by atoms with van der Waals surface area (Å²) >= 11 is 0. The number of ether oxygens (including phenoxy) is 1. The van der Waals surface area contributed by atoms with Crippen LogP contribution < -0.4 is 10.1 Å². The highest BCUT2D eigenvalue weighted by Crippen LogP contribution is 2.34. The number of hydrogen-bond acceptors (Lipinski definition) is 4. The van der Waals surface area contributed by atoms with Gasteiger partial charge in [-0.15, -0.1) is 0 Å². The van der Waals surface area contributed by atoms with Crippen LogP contribution in [0.25, 0.3) is 10.8 Å². The van der Waals surface area contributed by atoms with Gasteiger partial charge in [0.05, 0.1) is 17.4 Å². The number of carbonyl (C=O) groups is 1. The lowest BCUT2D eigenvalue weighted by atomic mass is 9.84. The number of nitrogens with zero attached hydrogens (tertiary/aromatic N) is 2. The van der Waals surface area contributed by atoms with Gasteiger partial charge in [-0.05, 0) is 67.3 Å². The molecule has 1 amide bonds. The van der Waals surface area contributed by atoms with E-state index in [2.05, 4.69) is 27.4 Å². The van der Waals surface area contributed by atoms with Crippen LogP contribution >= 0.6 is 0 Å². The van der Waals surface area contributed by atoms with Crippen molar-refractivity contribution in [1.82, 2.24) is 9.97 Å². The molecule has 1 aliphatic carbocycles. The zero-order valence-corrected chi connectivity index (χ0v) is 20.5. The Morgan fingerprint density at radius 2 is 1.84 bits per heavy atom. The monoisotopic (exact) mass is 517 g/mol. The zero-order valence-electron chi connectivity index (χ0n) is 20.5. The van der Waals surface area contributed by atoms with E-state index in [-0.39, 0.29) is 17.7 Å². The standard InChI is InChI=1S/C30H26F3N3O2/c31-30(32,33)24-13-14-28(35-18-24)38-27-17-21(16-23-4-1-2-6-26(23)27)8-7-20-9-11-22(12-10-20)29(37)36-25-5-3-15-34-19-25/h1-7,13-19,22H,8-12H2,(H,36,37). The molecule has 4 aromatic rings. The number of rotatable bonds is 6. The van der Waals surface area contributed by atoms with Crippen molar-refractivity contribution in [2.45, 2.75) is 38.3 Å². The van der Waals surface area contributed by atoms with E-state index in [1.54, 1.807) is 18.5 Å². The number of benzene rings is 2. The van der Waals surface area contributed by atoms with E-state index in [0.29, 0.717) is 17.9 Å². The van der Waals surface area contributed by atoms with E-state index in [9.17, 15) is 18.0 Å². The van der Waals surface area contributed by atoms with Gasteiger partial charge in [-0.1, -0.05) is 42.0 Å². The van der Waals surface area contributed by atoms with Crippen LogP contribution in [0.3, 0.4) is 0 Å². The molecule has 1 N–H and O–H groups in total. The lowest BCUT2D eigenvalue weighted by Gasteiger charge is -2.23. The molecule has 194 valence electrons. The third-order valence-corrected chi connectivity index (χ3v) is 6.72. The molecule has 8 heteroatoms. The SMILES string of the molecule is O=C(Nc1cccnc1)C1CCC(=CCc2cc(Oc3ccc(C(F)(F)F)cn3)c3ccccc3c2)CC1. The number of hydrogen-bond donors (Lipinski definition) is 1. The summed E-state index contributed by atoms with van der Waals surface area (Å²) in [7, 11) is 0. The lowest BCUT2D eigenvalue weighted by Crippen LogP contribution is -2.25. The summed E-state index contributed by atoms with van der Waals surface area (Å²) in [6.07, 6.45) is 5.84. The number of allylic oxidation sites excluding steroid dienone is 2. The highest BCUT2D eigenvalue weighted by molar-refractivity contribution is 5.92. The second-order valence-electron chi connectivity index (χ2n) is 9.37. The minimum atomic E-state index is -4.45. The molecule has 38 heavy (non-hydrogen) atoms. The molecule has 2 aromatic carbocycles. The van der Waals surface area contributed by atoms with Gasteiger partial charge < -0.3 is 10.1 Å². The highest BCUT2D eigenvalue weighted by Gasteiger charge is 2.30. The molecule has 1 aliphatic rings. The number of amides is 1. The van der Waals surface area contributed by atoms with E-state index >= 15 is 0 Å². The van der Waals surface area contributed by atoms with Gasteiger partial charge in [0.1, 0.15) is 5.75 Å². The van der Waals surface area contributed by atoms with Gasteiger partial charge in [-0.25, -0.2) is 4.98 Å². The van der Waals surface area contributed by atoms with Gasteiger partial charge in [0.15, 0.2) is 0 Å². The van der Waals surface area contributed by atoms with Crippen molar-refractivity contribution in [1.29, 1.82) is 0 Å². The van der Waals surface area contributed by atoms with E-state index in [1.807, 2.05) is 36.4 Å². The lowest BCUT2D eigenvalue weighted by molar-refractivity contribution is -0.137. The molecule has 1 fully saturated rings. The number of halogens is 3. The van der Waals surface area contributed by atoms with Crippen LogP contribution in [0.1, 0.15) is 36.8 Å². The molecule has 0 aliphatic heterocycles. The zero-order chi connectivity index (χ0) is 26.5. The van der Waals surface area contributed by atoms with Crippen LogP contribution in [0, 0.1) is 5.92 Å². The third kappa shape index (κ3) is 6.19. The molecule has 0 bridgehead atoms. The Morgan fingerprint density at radius 1 is 1.03 bits per heavy atom. The normalized spacial score (nSPS) is 15.8. The molecular formula is C30H26F3N3O2. The molecule has 0 saturated heterocycles. The van der Waals surface area contributed by atoms with Crippen LogP contribution in [0.15, 0.2) is 90.9 Å². The fraction of sp³-hybridized carbons (Fsp3) is 0.233. The van der Waals surface area contributed by atoms with Crippen molar-refractivity contribution in [3.8, 4) is 11.6 Å².